The quantitative estimate of drug-likeness (QED) is 0.243. The second kappa shape index (κ2) is 12.6. The molecule has 0 saturated carbocycles. The average Bonchev–Trinajstić information content (AvgIpc) is 3.32. The molecule has 0 aliphatic carbocycles. The van der Waals surface area contributed by atoms with E-state index in [0.717, 1.165) is 61.5 Å². The second-order valence-corrected chi connectivity index (χ2v) is 8.82. The molecule has 1 unspecified atom stereocenters. The van der Waals surface area contributed by atoms with Crippen molar-refractivity contribution >= 4 is 41.3 Å². The predicted molar refractivity (Wildman–Crippen MR) is 142 cm³/mol. The summed E-state index contributed by atoms with van der Waals surface area (Å²) in [7, 11) is 3.35. The molecule has 3 N–H and O–H groups in total. The van der Waals surface area contributed by atoms with E-state index in [0.29, 0.717) is 6.54 Å². The van der Waals surface area contributed by atoms with Crippen LogP contribution >= 0.6 is 35.3 Å². The zero-order chi connectivity index (χ0) is 22.3. The molecule has 7 nitrogen and oxygen atoms in total. The first-order valence-corrected chi connectivity index (χ1v) is 11.6. The van der Waals surface area contributed by atoms with Gasteiger partial charge >= 0.3 is 0 Å². The zero-order valence-corrected chi connectivity index (χ0v) is 22.5. The summed E-state index contributed by atoms with van der Waals surface area (Å²) in [6.45, 7) is 8.49. The Morgan fingerprint density at radius 1 is 1.22 bits per heavy atom. The smallest absolute Gasteiger partial charge is 0.191 e. The normalized spacial score (nSPS) is 15.8. The standard InChI is InChI=1S/C23H34N4O3S.HI/c1-5-24-22(26-16-23(2,28)21-7-6-12-31-21)25-9-11-27-10-8-17-13-19(29-3)20(30-4)14-18(17)15-27;/h6-7,12-14,28H,5,8-11,15-16H2,1-4H3,(H2,24,25,26);1H. The number of guanidine groups is 1. The summed E-state index contributed by atoms with van der Waals surface area (Å²) in [5.74, 6) is 2.30. The van der Waals surface area contributed by atoms with Gasteiger partial charge in [0.25, 0.3) is 0 Å². The van der Waals surface area contributed by atoms with Gasteiger partial charge in [-0.2, -0.15) is 0 Å². The monoisotopic (exact) mass is 574 g/mol. The SMILES string of the molecule is CCNC(=NCC(C)(O)c1cccs1)NCCN1CCc2cc(OC)c(OC)cc2C1.I. The van der Waals surface area contributed by atoms with Gasteiger partial charge in [-0.05, 0) is 55.0 Å². The van der Waals surface area contributed by atoms with Gasteiger partial charge < -0.3 is 25.2 Å². The van der Waals surface area contributed by atoms with E-state index in [-0.39, 0.29) is 24.0 Å². The van der Waals surface area contributed by atoms with Crippen molar-refractivity contribution in [2.24, 2.45) is 4.99 Å². The van der Waals surface area contributed by atoms with Gasteiger partial charge in [0.05, 0.1) is 20.8 Å². The first kappa shape index (κ1) is 26.7. The fourth-order valence-electron chi connectivity index (χ4n) is 3.70. The number of aliphatic imine (C=N–C) groups is 1. The fraction of sp³-hybridized carbons (Fsp3) is 0.522. The second-order valence-electron chi connectivity index (χ2n) is 7.88. The van der Waals surface area contributed by atoms with E-state index >= 15 is 0 Å². The molecule has 0 saturated heterocycles. The maximum Gasteiger partial charge on any atom is 0.191 e. The highest BCUT2D eigenvalue weighted by molar-refractivity contribution is 14.0. The Morgan fingerprint density at radius 2 is 1.94 bits per heavy atom. The minimum Gasteiger partial charge on any atom is -0.493 e. The number of halogens is 1. The van der Waals surface area contributed by atoms with Crippen molar-refractivity contribution in [3.05, 3.63) is 45.6 Å². The lowest BCUT2D eigenvalue weighted by atomic mass is 9.99. The largest absolute Gasteiger partial charge is 0.493 e. The number of thiophene rings is 1. The van der Waals surface area contributed by atoms with Gasteiger partial charge in [0.1, 0.15) is 5.60 Å². The molecule has 178 valence electrons. The van der Waals surface area contributed by atoms with Gasteiger partial charge in [0, 0.05) is 37.6 Å². The maximum atomic E-state index is 10.7. The van der Waals surface area contributed by atoms with Crippen LogP contribution in [0.3, 0.4) is 0 Å². The number of hydrogen-bond acceptors (Lipinski definition) is 6. The molecule has 0 radical (unpaired) electrons. The van der Waals surface area contributed by atoms with Gasteiger partial charge in [-0.1, -0.05) is 6.07 Å². The first-order valence-electron chi connectivity index (χ1n) is 10.7. The summed E-state index contributed by atoms with van der Waals surface area (Å²) in [6.07, 6.45) is 0.994. The molecule has 2 aromatic rings. The summed E-state index contributed by atoms with van der Waals surface area (Å²) in [5.41, 5.74) is 1.65. The van der Waals surface area contributed by atoms with Gasteiger partial charge in [-0.3, -0.25) is 4.90 Å². The summed E-state index contributed by atoms with van der Waals surface area (Å²) < 4.78 is 10.9. The highest BCUT2D eigenvalue weighted by atomic mass is 127. The molecule has 1 aliphatic heterocycles. The van der Waals surface area contributed by atoms with Gasteiger partial charge in [0.15, 0.2) is 17.5 Å². The van der Waals surface area contributed by atoms with Crippen LogP contribution in [0.5, 0.6) is 11.5 Å². The molecule has 0 bridgehead atoms. The van der Waals surface area contributed by atoms with Crippen LogP contribution in [0.25, 0.3) is 0 Å². The molecule has 2 heterocycles. The third-order valence-corrected chi connectivity index (χ3v) is 6.58. The molecule has 0 fully saturated rings. The lowest BCUT2D eigenvalue weighted by Crippen LogP contribution is -2.43. The maximum absolute atomic E-state index is 10.7. The van der Waals surface area contributed by atoms with Gasteiger partial charge in [0.2, 0.25) is 0 Å². The summed E-state index contributed by atoms with van der Waals surface area (Å²) in [4.78, 5) is 7.95. The molecule has 0 spiro atoms. The zero-order valence-electron chi connectivity index (χ0n) is 19.3. The number of ether oxygens (including phenoxy) is 2. The van der Waals surface area contributed by atoms with E-state index in [2.05, 4.69) is 32.7 Å². The highest BCUT2D eigenvalue weighted by Crippen LogP contribution is 2.33. The number of benzene rings is 1. The van der Waals surface area contributed by atoms with E-state index in [9.17, 15) is 5.11 Å². The number of fused-ring (bicyclic) bond motifs is 1. The minimum absolute atomic E-state index is 0. The number of nitrogens with one attached hydrogen (secondary N) is 2. The molecule has 32 heavy (non-hydrogen) atoms. The van der Waals surface area contributed by atoms with E-state index in [4.69, 9.17) is 9.47 Å². The van der Waals surface area contributed by atoms with Crippen molar-refractivity contribution in [2.45, 2.75) is 32.4 Å². The minimum atomic E-state index is -0.965. The van der Waals surface area contributed by atoms with E-state index in [1.54, 1.807) is 32.5 Å². The van der Waals surface area contributed by atoms with Crippen LogP contribution in [-0.4, -0.2) is 62.9 Å². The molecule has 1 aromatic heterocycles. The lowest BCUT2D eigenvalue weighted by molar-refractivity contribution is 0.0711. The van der Waals surface area contributed by atoms with Crippen LogP contribution in [0.1, 0.15) is 29.9 Å². The van der Waals surface area contributed by atoms with E-state index < -0.39 is 5.60 Å². The Balaban J connectivity index is 0.00000363. The fourth-order valence-corrected chi connectivity index (χ4v) is 4.48. The van der Waals surface area contributed by atoms with Crippen molar-refractivity contribution in [2.75, 3.05) is 46.9 Å². The summed E-state index contributed by atoms with van der Waals surface area (Å²) in [5, 5.41) is 19.3. The Kier molecular flexibility index (Phi) is 10.5. The molecule has 1 aliphatic rings. The highest BCUT2D eigenvalue weighted by Gasteiger charge is 2.24. The number of aliphatic hydroxyl groups is 1. The average molecular weight is 575 g/mol. The molecule has 0 amide bonds. The molecular weight excluding hydrogens is 539 g/mol. The number of methoxy groups -OCH3 is 2. The molecule has 1 atom stereocenters. The van der Waals surface area contributed by atoms with Crippen LogP contribution < -0.4 is 20.1 Å². The van der Waals surface area contributed by atoms with Crippen LogP contribution in [0, 0.1) is 0 Å². The Labute approximate surface area is 212 Å². The molecule has 9 heteroatoms. The van der Waals surface area contributed by atoms with Crippen molar-refractivity contribution in [3.63, 3.8) is 0 Å². The van der Waals surface area contributed by atoms with Crippen molar-refractivity contribution in [1.82, 2.24) is 15.5 Å². The van der Waals surface area contributed by atoms with Crippen LogP contribution in [0.15, 0.2) is 34.6 Å². The third kappa shape index (κ3) is 6.97. The summed E-state index contributed by atoms with van der Waals surface area (Å²) >= 11 is 1.55. The van der Waals surface area contributed by atoms with E-state index in [1.807, 2.05) is 24.4 Å². The van der Waals surface area contributed by atoms with Crippen LogP contribution in [0.4, 0.5) is 0 Å². The molecule has 3 rings (SSSR count). The molecule has 1 aromatic carbocycles. The van der Waals surface area contributed by atoms with E-state index in [1.165, 1.54) is 11.1 Å². The van der Waals surface area contributed by atoms with Crippen LogP contribution in [0.2, 0.25) is 0 Å². The van der Waals surface area contributed by atoms with Crippen molar-refractivity contribution in [3.8, 4) is 11.5 Å². The summed E-state index contributed by atoms with van der Waals surface area (Å²) in [6, 6.07) is 8.08. The number of nitrogens with zero attached hydrogens (tertiary/aromatic N) is 2. The topological polar surface area (TPSA) is 78.4 Å². The lowest BCUT2D eigenvalue weighted by Gasteiger charge is -2.29. The number of hydrogen-bond donors (Lipinski definition) is 3. The van der Waals surface area contributed by atoms with Gasteiger partial charge in [-0.15, -0.1) is 35.3 Å². The number of rotatable bonds is 9. The Hall–Kier alpha value is -1.56. The Bertz CT molecular complexity index is 874. The molecular formula is C23H35IN4O3S. The van der Waals surface area contributed by atoms with Crippen molar-refractivity contribution in [1.29, 1.82) is 0 Å². The Morgan fingerprint density at radius 3 is 2.56 bits per heavy atom. The first-order chi connectivity index (χ1) is 15.0. The van der Waals surface area contributed by atoms with Crippen molar-refractivity contribution < 1.29 is 14.6 Å². The predicted octanol–water partition coefficient (Wildman–Crippen LogP) is 3.20. The van der Waals surface area contributed by atoms with Gasteiger partial charge in [-0.25, -0.2) is 4.99 Å². The third-order valence-electron chi connectivity index (χ3n) is 5.46. The van der Waals surface area contributed by atoms with Crippen LogP contribution in [-0.2, 0) is 18.6 Å².